The normalized spacial score (nSPS) is 11.0. The van der Waals surface area contributed by atoms with Gasteiger partial charge >= 0.3 is 0 Å². The smallest absolute Gasteiger partial charge is 0.191 e. The van der Waals surface area contributed by atoms with Gasteiger partial charge < -0.3 is 24.7 Å². The number of methoxy groups -OCH3 is 1. The van der Waals surface area contributed by atoms with Crippen molar-refractivity contribution in [1.29, 1.82) is 0 Å². The van der Waals surface area contributed by atoms with Crippen LogP contribution in [0.4, 0.5) is 0 Å². The number of rotatable bonds is 11. The number of hydrogen-bond donors (Lipinski definition) is 2. The topological polar surface area (TPSA) is 85.6 Å². The van der Waals surface area contributed by atoms with Crippen molar-refractivity contribution in [2.24, 2.45) is 4.99 Å². The molecule has 156 valence electrons. The number of aromatic nitrogens is 3. The van der Waals surface area contributed by atoms with Crippen molar-refractivity contribution in [3.63, 3.8) is 0 Å². The van der Waals surface area contributed by atoms with Gasteiger partial charge in [0.1, 0.15) is 24.5 Å². The molecule has 0 saturated carbocycles. The first kappa shape index (κ1) is 24.2. The fourth-order valence-electron chi connectivity index (χ4n) is 2.48. The molecule has 2 N–H and O–H groups in total. The summed E-state index contributed by atoms with van der Waals surface area (Å²) in [7, 11) is 1.66. The van der Waals surface area contributed by atoms with Gasteiger partial charge in [0.2, 0.25) is 0 Å². The Morgan fingerprint density at radius 2 is 1.93 bits per heavy atom. The van der Waals surface area contributed by atoms with Crippen molar-refractivity contribution in [2.45, 2.75) is 33.4 Å². The molecule has 0 saturated heterocycles. The monoisotopic (exact) mass is 502 g/mol. The second kappa shape index (κ2) is 14.2. The second-order valence-electron chi connectivity index (χ2n) is 5.90. The lowest BCUT2D eigenvalue weighted by Gasteiger charge is -2.12. The Bertz CT molecular complexity index is 690. The summed E-state index contributed by atoms with van der Waals surface area (Å²) in [6, 6.07) is 7.97. The Kier molecular flexibility index (Phi) is 12.2. The Morgan fingerprint density at radius 1 is 1.14 bits per heavy atom. The van der Waals surface area contributed by atoms with Gasteiger partial charge in [-0.3, -0.25) is 0 Å². The van der Waals surface area contributed by atoms with Gasteiger partial charge in [-0.1, -0.05) is 19.1 Å². The second-order valence-corrected chi connectivity index (χ2v) is 5.90. The number of nitrogens with one attached hydrogen (secondary N) is 2. The Morgan fingerprint density at radius 3 is 2.61 bits per heavy atom. The number of ether oxygens (including phenoxy) is 2. The summed E-state index contributed by atoms with van der Waals surface area (Å²) >= 11 is 0. The van der Waals surface area contributed by atoms with E-state index >= 15 is 0 Å². The van der Waals surface area contributed by atoms with Crippen LogP contribution in [0.1, 0.15) is 25.2 Å². The van der Waals surface area contributed by atoms with Gasteiger partial charge in [0.15, 0.2) is 5.96 Å². The largest absolute Gasteiger partial charge is 0.491 e. The van der Waals surface area contributed by atoms with E-state index in [-0.39, 0.29) is 24.0 Å². The minimum absolute atomic E-state index is 0. The van der Waals surface area contributed by atoms with Crippen LogP contribution < -0.4 is 15.4 Å². The molecule has 0 fully saturated rings. The number of benzene rings is 1. The molecule has 9 heteroatoms. The number of aliphatic imine (C=N–C) groups is 1. The molecule has 0 radical (unpaired) electrons. The molecule has 1 aromatic heterocycles. The van der Waals surface area contributed by atoms with E-state index in [4.69, 9.17) is 9.47 Å². The van der Waals surface area contributed by atoms with E-state index in [0.29, 0.717) is 19.8 Å². The third-order valence-corrected chi connectivity index (χ3v) is 3.90. The predicted molar refractivity (Wildman–Crippen MR) is 121 cm³/mol. The van der Waals surface area contributed by atoms with Crippen LogP contribution in [-0.4, -0.2) is 54.1 Å². The van der Waals surface area contributed by atoms with Crippen LogP contribution in [0, 0.1) is 0 Å². The molecule has 0 spiro atoms. The summed E-state index contributed by atoms with van der Waals surface area (Å²) in [4.78, 5) is 4.64. The number of nitrogens with zero attached hydrogens (tertiary/aromatic N) is 4. The molecular formula is C19H31IN6O2. The van der Waals surface area contributed by atoms with Gasteiger partial charge in [0.05, 0.1) is 13.2 Å². The van der Waals surface area contributed by atoms with Crippen molar-refractivity contribution in [3.05, 3.63) is 42.0 Å². The number of guanidine groups is 1. The zero-order valence-electron chi connectivity index (χ0n) is 16.9. The maximum absolute atomic E-state index is 5.57. The van der Waals surface area contributed by atoms with Crippen molar-refractivity contribution in [1.82, 2.24) is 25.4 Å². The first-order valence-electron chi connectivity index (χ1n) is 9.36. The average Bonchev–Trinajstić information content (AvgIpc) is 3.15. The molecule has 28 heavy (non-hydrogen) atoms. The first-order valence-corrected chi connectivity index (χ1v) is 9.36. The standard InChI is InChI=1S/C19H30N6O2.HI/c1-4-18-24-23-15-25(18)11-10-21-19(20-5-2)22-14-16-6-8-17(9-7-16)27-13-12-26-3;/h6-9,15H,4-5,10-14H2,1-3H3,(H2,20,21,22);1H. The van der Waals surface area contributed by atoms with Gasteiger partial charge in [-0.25, -0.2) is 4.99 Å². The third-order valence-electron chi connectivity index (χ3n) is 3.90. The molecule has 0 aliphatic rings. The Hall–Kier alpha value is -1.88. The molecule has 0 aliphatic heterocycles. The van der Waals surface area contributed by atoms with Crippen molar-refractivity contribution in [2.75, 3.05) is 33.4 Å². The van der Waals surface area contributed by atoms with Gasteiger partial charge in [-0.05, 0) is 24.6 Å². The lowest BCUT2D eigenvalue weighted by molar-refractivity contribution is 0.146. The first-order chi connectivity index (χ1) is 13.3. The highest BCUT2D eigenvalue weighted by Gasteiger charge is 2.02. The van der Waals surface area contributed by atoms with Crippen LogP contribution in [0.25, 0.3) is 0 Å². The van der Waals surface area contributed by atoms with E-state index in [1.165, 1.54) is 0 Å². The summed E-state index contributed by atoms with van der Waals surface area (Å²) in [5.41, 5.74) is 1.12. The van der Waals surface area contributed by atoms with Crippen LogP contribution in [-0.2, 0) is 24.2 Å². The highest BCUT2D eigenvalue weighted by Crippen LogP contribution is 2.12. The summed E-state index contributed by atoms with van der Waals surface area (Å²) in [6.07, 6.45) is 2.64. The number of hydrogen-bond acceptors (Lipinski definition) is 5. The quantitative estimate of drug-likeness (QED) is 0.212. The third kappa shape index (κ3) is 8.42. The molecule has 0 atom stereocenters. The molecule has 8 nitrogen and oxygen atoms in total. The van der Waals surface area contributed by atoms with Crippen LogP contribution >= 0.6 is 24.0 Å². The molecule has 0 unspecified atom stereocenters. The molecule has 0 bridgehead atoms. The van der Waals surface area contributed by atoms with Gasteiger partial charge in [0, 0.05) is 33.2 Å². The van der Waals surface area contributed by atoms with E-state index in [9.17, 15) is 0 Å². The van der Waals surface area contributed by atoms with Crippen LogP contribution in [0.3, 0.4) is 0 Å². The van der Waals surface area contributed by atoms with Crippen LogP contribution in [0.5, 0.6) is 5.75 Å². The van der Waals surface area contributed by atoms with Crippen LogP contribution in [0.2, 0.25) is 0 Å². The van der Waals surface area contributed by atoms with Crippen molar-refractivity contribution < 1.29 is 9.47 Å². The highest BCUT2D eigenvalue weighted by atomic mass is 127. The van der Waals surface area contributed by atoms with E-state index in [0.717, 1.165) is 49.2 Å². The zero-order chi connectivity index (χ0) is 19.3. The van der Waals surface area contributed by atoms with Crippen LogP contribution in [0.15, 0.2) is 35.6 Å². The lowest BCUT2D eigenvalue weighted by Crippen LogP contribution is -2.38. The fraction of sp³-hybridized carbons (Fsp3) is 0.526. The summed E-state index contributed by atoms with van der Waals surface area (Å²) in [5, 5.41) is 14.7. The maximum atomic E-state index is 5.57. The predicted octanol–water partition coefficient (Wildman–Crippen LogP) is 2.24. The molecule has 0 aliphatic carbocycles. The SMILES string of the molecule is CCNC(=NCc1ccc(OCCOC)cc1)NCCn1cnnc1CC.I. The Labute approximate surface area is 184 Å². The van der Waals surface area contributed by atoms with Gasteiger partial charge in [-0.15, -0.1) is 34.2 Å². The lowest BCUT2D eigenvalue weighted by atomic mass is 10.2. The van der Waals surface area contributed by atoms with Gasteiger partial charge in [-0.2, -0.15) is 0 Å². The van der Waals surface area contributed by atoms with Crippen molar-refractivity contribution in [3.8, 4) is 5.75 Å². The maximum Gasteiger partial charge on any atom is 0.191 e. The van der Waals surface area contributed by atoms with E-state index in [1.54, 1.807) is 13.4 Å². The molecule has 2 aromatic rings. The summed E-state index contributed by atoms with van der Waals surface area (Å²) < 4.78 is 12.6. The van der Waals surface area contributed by atoms with E-state index < -0.39 is 0 Å². The zero-order valence-corrected chi connectivity index (χ0v) is 19.2. The molecule has 1 heterocycles. The fourth-order valence-corrected chi connectivity index (χ4v) is 2.48. The summed E-state index contributed by atoms with van der Waals surface area (Å²) in [6.45, 7) is 8.22. The minimum Gasteiger partial charge on any atom is -0.491 e. The number of halogens is 1. The number of aryl methyl sites for hydroxylation is 1. The molecule has 0 amide bonds. The highest BCUT2D eigenvalue weighted by molar-refractivity contribution is 14.0. The van der Waals surface area contributed by atoms with E-state index in [2.05, 4.69) is 44.2 Å². The van der Waals surface area contributed by atoms with E-state index in [1.807, 2.05) is 24.3 Å². The summed E-state index contributed by atoms with van der Waals surface area (Å²) in [5.74, 6) is 2.63. The average molecular weight is 502 g/mol. The minimum atomic E-state index is 0. The molecule has 2 rings (SSSR count). The Balaban J connectivity index is 0.00000392. The molecular weight excluding hydrogens is 471 g/mol. The molecule has 1 aromatic carbocycles. The van der Waals surface area contributed by atoms with Gasteiger partial charge in [0.25, 0.3) is 0 Å². The van der Waals surface area contributed by atoms with Crippen molar-refractivity contribution >= 4 is 29.9 Å².